The molecule has 1 aliphatic carbocycles. The summed E-state index contributed by atoms with van der Waals surface area (Å²) in [5.74, 6) is 2.15. The van der Waals surface area contributed by atoms with Crippen molar-refractivity contribution in [1.82, 2.24) is 14.5 Å². The fraction of sp³-hybridized carbons (Fsp3) is 0.300. The maximum atomic E-state index is 6.91. The van der Waals surface area contributed by atoms with Crippen molar-refractivity contribution in [2.24, 2.45) is 4.99 Å². The summed E-state index contributed by atoms with van der Waals surface area (Å²) in [6.07, 6.45) is 4.60. The van der Waals surface area contributed by atoms with Gasteiger partial charge in [-0.3, -0.25) is 9.98 Å². The van der Waals surface area contributed by atoms with Gasteiger partial charge in [0.25, 0.3) is 0 Å². The molecule has 57 heavy (non-hydrogen) atoms. The molecule has 7 aromatic rings. The second-order valence-electron chi connectivity index (χ2n) is 18.1. The van der Waals surface area contributed by atoms with Crippen molar-refractivity contribution >= 4 is 44.9 Å². The number of rotatable bonds is 3. The van der Waals surface area contributed by atoms with Crippen molar-refractivity contribution in [3.8, 4) is 5.82 Å². The van der Waals surface area contributed by atoms with Crippen molar-refractivity contribution in [3.05, 3.63) is 153 Å². The van der Waals surface area contributed by atoms with Gasteiger partial charge >= 0.3 is 21.1 Å². The molecule has 0 N–H and O–H groups in total. The number of fused-ring (bicyclic) bond motifs is 8. The Labute approximate surface area is 350 Å². The summed E-state index contributed by atoms with van der Waals surface area (Å²) in [5, 5.41) is 2.33. The monoisotopic (exact) mass is 928 g/mol. The molecule has 0 amide bonds. The van der Waals surface area contributed by atoms with Gasteiger partial charge in [0.05, 0.1) is 5.82 Å². The molecule has 10 rings (SSSR count). The molecule has 2 atom stereocenters. The number of aryl methyl sites for hydroxylation is 2. The van der Waals surface area contributed by atoms with Crippen LogP contribution in [-0.2, 0) is 48.6 Å². The average Bonchev–Trinajstić information content (AvgIpc) is 3.71. The number of anilines is 3. The van der Waals surface area contributed by atoms with E-state index in [2.05, 4.69) is 164 Å². The fourth-order valence-corrected chi connectivity index (χ4v) is 9.51. The molecule has 0 spiro atoms. The van der Waals surface area contributed by atoms with E-state index >= 15 is 0 Å². The number of hydrogen-bond donors (Lipinski definition) is 0. The molecule has 0 unspecified atom stereocenters. The topological polar surface area (TPSA) is 55.5 Å². The molecular weight excluding hydrogens is 882 g/mol. The minimum Gasteiger partial charge on any atom is -0.526 e. The van der Waals surface area contributed by atoms with Crippen LogP contribution in [0.3, 0.4) is 0 Å². The number of para-hydroxylation sites is 1. The van der Waals surface area contributed by atoms with E-state index in [0.29, 0.717) is 11.7 Å². The summed E-state index contributed by atoms with van der Waals surface area (Å²) in [4.78, 5) is 17.6. The molecule has 6 nitrogen and oxygen atoms in total. The van der Waals surface area contributed by atoms with Gasteiger partial charge in [0.15, 0.2) is 0 Å². The normalized spacial score (nSPS) is 20.4. The average molecular weight is 929 g/mol. The van der Waals surface area contributed by atoms with E-state index in [1.165, 1.54) is 49.9 Å². The fourth-order valence-electron chi connectivity index (χ4n) is 9.51. The van der Waals surface area contributed by atoms with Crippen molar-refractivity contribution < 1.29 is 25.8 Å². The van der Waals surface area contributed by atoms with Crippen LogP contribution in [-0.4, -0.2) is 26.0 Å². The second kappa shape index (κ2) is 12.5. The maximum Gasteiger partial charge on any atom is 2.00 e. The number of hydrogen-bond acceptors (Lipinski definition) is 5. The SMILES string of the molecule is Cc1ccc2c(c1)c1cc3c([c-]c1n2-c1cc(C(C)(C)C)ccn1)N(c1[c-]c(C2=N[C@]4(C)c5ccc(C)c(C)c5C[C@]4(C)O2)ccn1)c1ccccc1C3(C)C.[Pt+2]. The summed E-state index contributed by atoms with van der Waals surface area (Å²) in [6.45, 7) is 22.3. The molecule has 0 saturated carbocycles. The van der Waals surface area contributed by atoms with Gasteiger partial charge in [-0.05, 0) is 115 Å². The quantitative estimate of drug-likeness (QED) is 0.166. The van der Waals surface area contributed by atoms with E-state index < -0.39 is 11.1 Å². The van der Waals surface area contributed by atoms with Gasteiger partial charge < -0.3 is 14.2 Å². The number of ether oxygens (including phenoxy) is 1. The molecule has 288 valence electrons. The third-order valence-electron chi connectivity index (χ3n) is 13.2. The van der Waals surface area contributed by atoms with Gasteiger partial charge in [-0.15, -0.1) is 34.7 Å². The van der Waals surface area contributed by atoms with Crippen LogP contribution in [0.5, 0.6) is 0 Å². The number of benzene rings is 4. The van der Waals surface area contributed by atoms with Crippen LogP contribution in [0.1, 0.15) is 98.5 Å². The van der Waals surface area contributed by atoms with Crippen LogP contribution in [0.15, 0.2) is 96.2 Å². The molecule has 5 heterocycles. The smallest absolute Gasteiger partial charge is 0.526 e. The largest absolute Gasteiger partial charge is 2.00 e. The first-order valence-electron chi connectivity index (χ1n) is 19.7. The number of nitrogens with zero attached hydrogens (tertiary/aromatic N) is 5. The Morgan fingerprint density at radius 3 is 2.33 bits per heavy atom. The molecule has 4 aromatic carbocycles. The standard InChI is InChI=1S/C50H47N5O.Pt/c1-29-15-18-40-34(23-29)35-26-39-43(27-42(35)54(40)45-25-33(20-22-52-45)47(4,5)6)55(41-14-12-11-13-38(41)48(39,7)8)44-24-32(19-21-51-44)46-53-50(10)37-17-16-30(2)31(3)36(37)28-49(50,9)56-46;/h11-23,25-26H,28H2,1-10H3;/q-2;+2/t49-,50+;/m0./s1. The Hall–Kier alpha value is -5.06. The second-order valence-corrected chi connectivity index (χ2v) is 18.1. The van der Waals surface area contributed by atoms with Crippen LogP contribution in [0.4, 0.5) is 17.2 Å². The number of aliphatic imine (C=N–C) groups is 1. The van der Waals surface area contributed by atoms with E-state index in [4.69, 9.17) is 19.7 Å². The maximum absolute atomic E-state index is 6.91. The first-order chi connectivity index (χ1) is 26.6. The van der Waals surface area contributed by atoms with Gasteiger partial charge in [0.2, 0.25) is 0 Å². The summed E-state index contributed by atoms with van der Waals surface area (Å²) in [6, 6.07) is 36.2. The zero-order valence-electron chi connectivity index (χ0n) is 34.3. The van der Waals surface area contributed by atoms with Gasteiger partial charge in [0, 0.05) is 23.8 Å². The van der Waals surface area contributed by atoms with Crippen LogP contribution >= 0.6 is 0 Å². The molecule has 0 saturated heterocycles. The van der Waals surface area contributed by atoms with Gasteiger partial charge in [-0.2, -0.15) is 6.07 Å². The first kappa shape index (κ1) is 37.5. The molecule has 3 aliphatic rings. The molecule has 0 fully saturated rings. The predicted octanol–water partition coefficient (Wildman–Crippen LogP) is 11.5. The Kier molecular flexibility index (Phi) is 8.21. The summed E-state index contributed by atoms with van der Waals surface area (Å²) in [5.41, 5.74) is 13.6. The van der Waals surface area contributed by atoms with Crippen LogP contribution in [0, 0.1) is 32.9 Å². The Bertz CT molecular complexity index is 2860. The van der Waals surface area contributed by atoms with E-state index in [1.54, 1.807) is 0 Å². The van der Waals surface area contributed by atoms with Crippen LogP contribution in [0.25, 0.3) is 27.6 Å². The van der Waals surface area contributed by atoms with Crippen molar-refractivity contribution in [2.45, 2.75) is 97.6 Å². The minimum absolute atomic E-state index is 0. The molecule has 2 aliphatic heterocycles. The zero-order chi connectivity index (χ0) is 39.1. The summed E-state index contributed by atoms with van der Waals surface area (Å²) < 4.78 is 9.19. The van der Waals surface area contributed by atoms with E-state index in [0.717, 1.165) is 45.6 Å². The molecular formula is C50H47N5OPt. The molecule has 0 bridgehead atoms. The third-order valence-corrected chi connectivity index (χ3v) is 13.2. The van der Waals surface area contributed by atoms with Gasteiger partial charge in [-0.1, -0.05) is 93.9 Å². The van der Waals surface area contributed by atoms with Gasteiger partial charge in [-0.25, -0.2) is 4.98 Å². The van der Waals surface area contributed by atoms with Crippen LogP contribution < -0.4 is 4.90 Å². The van der Waals surface area contributed by atoms with Crippen molar-refractivity contribution in [3.63, 3.8) is 0 Å². The van der Waals surface area contributed by atoms with Crippen molar-refractivity contribution in [2.75, 3.05) is 4.90 Å². The third kappa shape index (κ3) is 5.28. The molecule has 3 aromatic heterocycles. The summed E-state index contributed by atoms with van der Waals surface area (Å²) in [7, 11) is 0. The van der Waals surface area contributed by atoms with E-state index in [9.17, 15) is 0 Å². The van der Waals surface area contributed by atoms with E-state index in [-0.39, 0.29) is 31.9 Å². The number of aromatic nitrogens is 3. The first-order valence-corrected chi connectivity index (χ1v) is 19.7. The Morgan fingerprint density at radius 2 is 1.54 bits per heavy atom. The molecule has 0 radical (unpaired) electrons. The van der Waals surface area contributed by atoms with Gasteiger partial charge in [0.1, 0.15) is 22.9 Å². The Morgan fingerprint density at radius 1 is 0.772 bits per heavy atom. The van der Waals surface area contributed by atoms with Crippen molar-refractivity contribution in [1.29, 1.82) is 0 Å². The summed E-state index contributed by atoms with van der Waals surface area (Å²) >= 11 is 0. The number of pyridine rings is 2. The zero-order valence-corrected chi connectivity index (χ0v) is 36.6. The van der Waals surface area contributed by atoms with Crippen LogP contribution in [0.2, 0.25) is 0 Å². The minimum atomic E-state index is -0.509. The van der Waals surface area contributed by atoms with E-state index in [1.807, 2.05) is 18.5 Å². The predicted molar refractivity (Wildman–Crippen MR) is 227 cm³/mol. The molecule has 7 heteroatoms. The Balaban J connectivity index is 0.00000422.